The van der Waals surface area contributed by atoms with Gasteiger partial charge in [-0.05, 0) is 43.0 Å². The highest BCUT2D eigenvalue weighted by molar-refractivity contribution is 5.98. The zero-order valence-electron chi connectivity index (χ0n) is 12.1. The average molecular weight is 313 g/mol. The largest absolute Gasteiger partial charge is 0.497 e. The van der Waals surface area contributed by atoms with E-state index in [0.29, 0.717) is 13.1 Å². The summed E-state index contributed by atoms with van der Waals surface area (Å²) >= 11 is 0. The Kier molecular flexibility index (Phi) is 5.08. The Morgan fingerprint density at radius 2 is 2.29 bits per heavy atom. The molecule has 2 aliphatic rings. The number of fused-ring (bicyclic) bond motifs is 1. The van der Waals surface area contributed by atoms with Crippen molar-refractivity contribution in [2.75, 3.05) is 25.1 Å². The maximum atomic E-state index is 12.6. The third-order valence-corrected chi connectivity index (χ3v) is 4.09. The lowest BCUT2D eigenvalue weighted by Crippen LogP contribution is -2.38. The Morgan fingerprint density at radius 3 is 2.95 bits per heavy atom. The van der Waals surface area contributed by atoms with Crippen molar-refractivity contribution in [1.29, 1.82) is 0 Å². The maximum Gasteiger partial charge on any atom is 0.256 e. The first-order chi connectivity index (χ1) is 9.72. The van der Waals surface area contributed by atoms with Gasteiger partial charge in [0.25, 0.3) is 5.91 Å². The Hall–Kier alpha value is -1.30. The first-order valence-corrected chi connectivity index (χ1v) is 7.06. The van der Waals surface area contributed by atoms with Crippen LogP contribution >= 0.6 is 12.4 Å². The third kappa shape index (κ3) is 3.00. The van der Waals surface area contributed by atoms with Crippen molar-refractivity contribution in [2.24, 2.45) is 5.73 Å². The highest BCUT2D eigenvalue weighted by Crippen LogP contribution is 2.33. The number of methoxy groups -OCH3 is 1. The van der Waals surface area contributed by atoms with Crippen LogP contribution in [0.4, 0.5) is 5.69 Å². The molecule has 5 nitrogen and oxygen atoms in total. The molecule has 0 aliphatic carbocycles. The van der Waals surface area contributed by atoms with E-state index in [9.17, 15) is 4.79 Å². The minimum atomic E-state index is -0.336. The van der Waals surface area contributed by atoms with Crippen LogP contribution in [0.1, 0.15) is 18.4 Å². The molecule has 116 valence electrons. The second-order valence-electron chi connectivity index (χ2n) is 5.29. The summed E-state index contributed by atoms with van der Waals surface area (Å²) in [4.78, 5) is 14.4. The predicted octanol–water partition coefficient (Wildman–Crippen LogP) is 1.51. The standard InChI is InChI=1S/C15H20N2O3.ClH/c1-19-11-2-4-13-10(8-11)6-7-17(13)15(18)14-5-3-12(9-16)20-14;/h2,4,8,12,14H,3,5-7,9,16H2,1H3;1H/t12-,14+;/m1./s1. The summed E-state index contributed by atoms with van der Waals surface area (Å²) in [5, 5.41) is 0. The monoisotopic (exact) mass is 312 g/mol. The van der Waals surface area contributed by atoms with Gasteiger partial charge in [-0.25, -0.2) is 0 Å². The average Bonchev–Trinajstić information content (AvgIpc) is 3.12. The molecule has 21 heavy (non-hydrogen) atoms. The maximum absolute atomic E-state index is 12.6. The minimum absolute atomic E-state index is 0. The number of anilines is 1. The smallest absolute Gasteiger partial charge is 0.256 e. The molecule has 3 rings (SSSR count). The van der Waals surface area contributed by atoms with Gasteiger partial charge >= 0.3 is 0 Å². The third-order valence-electron chi connectivity index (χ3n) is 4.09. The molecule has 0 aromatic heterocycles. The van der Waals surface area contributed by atoms with Crippen LogP contribution in [0.2, 0.25) is 0 Å². The zero-order chi connectivity index (χ0) is 14.1. The normalized spacial score (nSPS) is 23.6. The van der Waals surface area contributed by atoms with Gasteiger partial charge in [0.1, 0.15) is 11.9 Å². The molecule has 1 saturated heterocycles. The van der Waals surface area contributed by atoms with E-state index in [4.69, 9.17) is 15.2 Å². The highest BCUT2D eigenvalue weighted by atomic mass is 35.5. The van der Waals surface area contributed by atoms with Gasteiger partial charge < -0.3 is 20.1 Å². The van der Waals surface area contributed by atoms with Gasteiger partial charge in [-0.3, -0.25) is 4.79 Å². The van der Waals surface area contributed by atoms with Gasteiger partial charge in [-0.1, -0.05) is 0 Å². The van der Waals surface area contributed by atoms with Gasteiger partial charge in [0.2, 0.25) is 0 Å². The Morgan fingerprint density at radius 1 is 1.48 bits per heavy atom. The quantitative estimate of drug-likeness (QED) is 0.919. The Labute approximate surface area is 130 Å². The van der Waals surface area contributed by atoms with Crippen molar-refractivity contribution >= 4 is 24.0 Å². The lowest BCUT2D eigenvalue weighted by atomic mass is 10.1. The van der Waals surface area contributed by atoms with Crippen LogP contribution in [0.5, 0.6) is 5.75 Å². The number of nitrogens with zero attached hydrogens (tertiary/aromatic N) is 1. The molecule has 2 aliphatic heterocycles. The number of benzene rings is 1. The van der Waals surface area contributed by atoms with Crippen LogP contribution in [0.3, 0.4) is 0 Å². The van der Waals surface area contributed by atoms with Gasteiger partial charge in [0.05, 0.1) is 13.2 Å². The van der Waals surface area contributed by atoms with E-state index in [-0.39, 0.29) is 30.5 Å². The second kappa shape index (κ2) is 6.64. The first-order valence-electron chi connectivity index (χ1n) is 7.06. The molecule has 1 aromatic carbocycles. The molecule has 1 fully saturated rings. The fourth-order valence-corrected chi connectivity index (χ4v) is 2.97. The molecule has 1 aromatic rings. The van der Waals surface area contributed by atoms with E-state index in [1.54, 1.807) is 7.11 Å². The number of halogens is 1. The molecule has 0 saturated carbocycles. The van der Waals surface area contributed by atoms with Crippen LogP contribution in [-0.4, -0.2) is 38.3 Å². The van der Waals surface area contributed by atoms with Crippen molar-refractivity contribution in [1.82, 2.24) is 0 Å². The molecule has 0 unspecified atom stereocenters. The van der Waals surface area contributed by atoms with Crippen LogP contribution < -0.4 is 15.4 Å². The Balaban J connectivity index is 0.00000161. The minimum Gasteiger partial charge on any atom is -0.497 e. The lowest BCUT2D eigenvalue weighted by molar-refractivity contribution is -0.129. The number of carbonyl (C=O) groups excluding carboxylic acids is 1. The van der Waals surface area contributed by atoms with Crippen LogP contribution in [0.15, 0.2) is 18.2 Å². The number of nitrogens with two attached hydrogens (primary N) is 1. The number of hydrogen-bond donors (Lipinski definition) is 1. The first kappa shape index (κ1) is 16.1. The predicted molar refractivity (Wildman–Crippen MR) is 83.2 cm³/mol. The number of rotatable bonds is 3. The second-order valence-corrected chi connectivity index (χ2v) is 5.29. The molecule has 0 radical (unpaired) electrons. The number of ether oxygens (including phenoxy) is 2. The van der Waals surface area contributed by atoms with Crippen molar-refractivity contribution < 1.29 is 14.3 Å². The number of hydrogen-bond acceptors (Lipinski definition) is 4. The number of carbonyl (C=O) groups is 1. The summed E-state index contributed by atoms with van der Waals surface area (Å²) in [5.41, 5.74) is 7.73. The fraction of sp³-hybridized carbons (Fsp3) is 0.533. The zero-order valence-corrected chi connectivity index (χ0v) is 12.9. The highest BCUT2D eigenvalue weighted by Gasteiger charge is 2.35. The van der Waals surface area contributed by atoms with Crippen LogP contribution in [-0.2, 0) is 16.0 Å². The fourth-order valence-electron chi connectivity index (χ4n) is 2.97. The summed E-state index contributed by atoms with van der Waals surface area (Å²) in [5.74, 6) is 0.892. The van der Waals surface area contributed by atoms with E-state index in [1.165, 1.54) is 0 Å². The van der Waals surface area contributed by atoms with Gasteiger partial charge in [0.15, 0.2) is 0 Å². The van der Waals surface area contributed by atoms with Crippen LogP contribution in [0.25, 0.3) is 0 Å². The molecular formula is C15H21ClN2O3. The van der Waals surface area contributed by atoms with E-state index in [2.05, 4.69) is 0 Å². The van der Waals surface area contributed by atoms with Crippen molar-refractivity contribution in [3.05, 3.63) is 23.8 Å². The van der Waals surface area contributed by atoms with Crippen molar-refractivity contribution in [3.63, 3.8) is 0 Å². The molecule has 2 N–H and O–H groups in total. The number of amides is 1. The van der Waals surface area contributed by atoms with E-state index < -0.39 is 0 Å². The SMILES string of the molecule is COc1ccc2c(c1)CCN2C(=O)[C@@H]1CC[C@H](CN)O1.Cl. The molecule has 2 heterocycles. The molecular weight excluding hydrogens is 292 g/mol. The van der Waals surface area contributed by atoms with Gasteiger partial charge in [-0.15, -0.1) is 12.4 Å². The summed E-state index contributed by atoms with van der Waals surface area (Å²) in [7, 11) is 1.65. The van der Waals surface area contributed by atoms with E-state index in [0.717, 1.165) is 36.3 Å². The topological polar surface area (TPSA) is 64.8 Å². The molecule has 0 bridgehead atoms. The van der Waals surface area contributed by atoms with Gasteiger partial charge in [0, 0.05) is 18.8 Å². The Bertz CT molecular complexity index is 524. The molecule has 6 heteroatoms. The lowest BCUT2D eigenvalue weighted by Gasteiger charge is -2.21. The molecule has 1 amide bonds. The van der Waals surface area contributed by atoms with E-state index in [1.807, 2.05) is 23.1 Å². The molecule has 0 spiro atoms. The van der Waals surface area contributed by atoms with Gasteiger partial charge in [-0.2, -0.15) is 0 Å². The van der Waals surface area contributed by atoms with E-state index >= 15 is 0 Å². The summed E-state index contributed by atoms with van der Waals surface area (Å²) in [6.07, 6.45) is 2.20. The summed E-state index contributed by atoms with van der Waals surface area (Å²) in [6, 6.07) is 5.85. The van der Waals surface area contributed by atoms with Crippen molar-refractivity contribution in [3.8, 4) is 5.75 Å². The van der Waals surface area contributed by atoms with Crippen molar-refractivity contribution in [2.45, 2.75) is 31.5 Å². The summed E-state index contributed by atoms with van der Waals surface area (Å²) in [6.45, 7) is 1.20. The summed E-state index contributed by atoms with van der Waals surface area (Å²) < 4.78 is 10.9. The molecule has 2 atom stereocenters. The van der Waals surface area contributed by atoms with Crippen LogP contribution in [0, 0.1) is 0 Å².